The molecule has 0 N–H and O–H groups in total. The number of nitrogens with zero attached hydrogens (tertiary/aromatic N) is 1. The Morgan fingerprint density at radius 1 is 0.930 bits per heavy atom. The third-order valence-corrected chi connectivity index (χ3v) is 9.99. The Labute approximate surface area is 261 Å². The van der Waals surface area contributed by atoms with Gasteiger partial charge in [0.2, 0.25) is 0 Å². The standard InChI is InChI=1S/C37H47NO4S/c1-10-40-28-13-15-30(23(2)18-28)36-35(31-20-25(4)33(39-9)21-34(31)43-36)42-32-16-14-29(19-24(32)3)41-22-27(6)38-26(5)12-11-17-37(38,7)8/h13-16,18-21,26-27H,10-12,17,22H2,1-9H3. The van der Waals surface area contributed by atoms with Crippen LogP contribution in [0.3, 0.4) is 0 Å². The fraction of sp³-hybridized carbons (Fsp3) is 0.459. The van der Waals surface area contributed by atoms with E-state index in [2.05, 4.69) is 83.7 Å². The summed E-state index contributed by atoms with van der Waals surface area (Å²) in [6.07, 6.45) is 3.78. The van der Waals surface area contributed by atoms with Crippen LogP contribution in [0, 0.1) is 20.8 Å². The first-order valence-electron chi connectivity index (χ1n) is 15.6. The summed E-state index contributed by atoms with van der Waals surface area (Å²) in [5, 5.41) is 1.08. The van der Waals surface area contributed by atoms with Gasteiger partial charge in [-0.25, -0.2) is 0 Å². The van der Waals surface area contributed by atoms with Crippen LogP contribution in [-0.4, -0.2) is 42.8 Å². The molecule has 5 nitrogen and oxygen atoms in total. The molecule has 2 unspecified atom stereocenters. The third kappa shape index (κ3) is 6.51. The molecule has 3 aromatic carbocycles. The maximum Gasteiger partial charge on any atom is 0.153 e. The summed E-state index contributed by atoms with van der Waals surface area (Å²) in [6.45, 7) is 19.0. The minimum absolute atomic E-state index is 0.194. The number of likely N-dealkylation sites (tertiary alicyclic amines) is 1. The number of hydrogen-bond donors (Lipinski definition) is 0. The second-order valence-electron chi connectivity index (χ2n) is 12.6. The molecular formula is C37H47NO4S. The Balaban J connectivity index is 1.43. The summed E-state index contributed by atoms with van der Waals surface area (Å²) in [5.74, 6) is 4.32. The van der Waals surface area contributed by atoms with Gasteiger partial charge in [0.05, 0.1) is 18.6 Å². The van der Waals surface area contributed by atoms with Crippen molar-refractivity contribution in [1.82, 2.24) is 4.90 Å². The van der Waals surface area contributed by atoms with Gasteiger partial charge in [0.25, 0.3) is 0 Å². The van der Waals surface area contributed by atoms with Crippen molar-refractivity contribution in [2.24, 2.45) is 0 Å². The number of piperidine rings is 1. The lowest BCUT2D eigenvalue weighted by molar-refractivity contribution is -0.0169. The molecule has 1 fully saturated rings. The van der Waals surface area contributed by atoms with Gasteiger partial charge in [0.1, 0.15) is 29.6 Å². The molecule has 2 atom stereocenters. The van der Waals surface area contributed by atoms with Crippen molar-refractivity contribution >= 4 is 21.4 Å². The summed E-state index contributed by atoms with van der Waals surface area (Å²) in [6, 6.07) is 17.6. The van der Waals surface area contributed by atoms with E-state index in [1.54, 1.807) is 18.4 Å². The van der Waals surface area contributed by atoms with Crippen molar-refractivity contribution in [2.75, 3.05) is 20.3 Å². The zero-order valence-electron chi connectivity index (χ0n) is 27.3. The lowest BCUT2D eigenvalue weighted by atomic mass is 9.85. The number of methoxy groups -OCH3 is 1. The van der Waals surface area contributed by atoms with Crippen LogP contribution in [0.15, 0.2) is 48.5 Å². The maximum atomic E-state index is 6.80. The maximum absolute atomic E-state index is 6.80. The molecule has 6 heteroatoms. The fourth-order valence-electron chi connectivity index (χ4n) is 6.82. The normalized spacial score (nSPS) is 17.6. The van der Waals surface area contributed by atoms with Crippen molar-refractivity contribution < 1.29 is 18.9 Å². The van der Waals surface area contributed by atoms with Crippen molar-refractivity contribution in [3.8, 4) is 39.2 Å². The topological polar surface area (TPSA) is 40.2 Å². The van der Waals surface area contributed by atoms with E-state index in [4.69, 9.17) is 18.9 Å². The largest absolute Gasteiger partial charge is 0.496 e. The van der Waals surface area contributed by atoms with E-state index in [1.165, 1.54) is 19.3 Å². The van der Waals surface area contributed by atoms with Gasteiger partial charge in [-0.1, -0.05) is 6.42 Å². The highest BCUT2D eigenvalue weighted by Crippen LogP contribution is 2.49. The predicted molar refractivity (Wildman–Crippen MR) is 180 cm³/mol. The lowest BCUT2D eigenvalue weighted by Gasteiger charge is -2.49. The van der Waals surface area contributed by atoms with Gasteiger partial charge in [-0.15, -0.1) is 11.3 Å². The van der Waals surface area contributed by atoms with Gasteiger partial charge in [0.15, 0.2) is 5.75 Å². The van der Waals surface area contributed by atoms with Crippen molar-refractivity contribution in [3.05, 3.63) is 65.2 Å². The smallest absolute Gasteiger partial charge is 0.153 e. The highest BCUT2D eigenvalue weighted by atomic mass is 32.1. The van der Waals surface area contributed by atoms with E-state index in [0.717, 1.165) is 66.0 Å². The number of benzene rings is 3. The Hall–Kier alpha value is -3.22. The number of fused-ring (bicyclic) bond motifs is 1. The van der Waals surface area contributed by atoms with Crippen LogP contribution in [0.4, 0.5) is 0 Å². The Kier molecular flexibility index (Phi) is 9.29. The molecule has 0 amide bonds. The highest BCUT2D eigenvalue weighted by Gasteiger charge is 2.37. The number of aryl methyl sites for hydroxylation is 3. The summed E-state index contributed by atoms with van der Waals surface area (Å²) >= 11 is 1.73. The minimum Gasteiger partial charge on any atom is -0.496 e. The molecule has 230 valence electrons. The van der Waals surface area contributed by atoms with Gasteiger partial charge in [0, 0.05) is 27.7 Å². The third-order valence-electron chi connectivity index (χ3n) is 8.82. The number of thiophene rings is 1. The van der Waals surface area contributed by atoms with E-state index in [-0.39, 0.29) is 5.54 Å². The predicted octanol–water partition coefficient (Wildman–Crippen LogP) is 10.1. The number of hydrogen-bond acceptors (Lipinski definition) is 6. The molecule has 2 heterocycles. The zero-order chi connectivity index (χ0) is 30.9. The quantitative estimate of drug-likeness (QED) is 0.181. The first-order chi connectivity index (χ1) is 20.5. The van der Waals surface area contributed by atoms with Gasteiger partial charge in [-0.2, -0.15) is 0 Å². The second kappa shape index (κ2) is 12.8. The molecule has 0 spiro atoms. The second-order valence-corrected chi connectivity index (χ2v) is 13.7. The molecule has 0 radical (unpaired) electrons. The van der Waals surface area contributed by atoms with Gasteiger partial charge < -0.3 is 18.9 Å². The van der Waals surface area contributed by atoms with Crippen molar-refractivity contribution in [3.63, 3.8) is 0 Å². The highest BCUT2D eigenvalue weighted by molar-refractivity contribution is 7.22. The first-order valence-corrected chi connectivity index (χ1v) is 16.4. The van der Waals surface area contributed by atoms with Gasteiger partial charge in [-0.3, -0.25) is 4.90 Å². The van der Waals surface area contributed by atoms with E-state index < -0.39 is 0 Å². The van der Waals surface area contributed by atoms with E-state index in [9.17, 15) is 0 Å². The molecule has 0 aliphatic carbocycles. The molecule has 0 saturated carbocycles. The van der Waals surface area contributed by atoms with Crippen LogP contribution in [0.25, 0.3) is 20.5 Å². The van der Waals surface area contributed by atoms with Crippen LogP contribution < -0.4 is 18.9 Å². The fourth-order valence-corrected chi connectivity index (χ4v) is 8.05. The zero-order valence-corrected chi connectivity index (χ0v) is 28.1. The summed E-state index contributed by atoms with van der Waals surface area (Å²) in [7, 11) is 1.72. The molecule has 43 heavy (non-hydrogen) atoms. The molecular weight excluding hydrogens is 554 g/mol. The van der Waals surface area contributed by atoms with Crippen molar-refractivity contribution in [2.45, 2.75) is 92.3 Å². The average Bonchev–Trinajstić information content (AvgIpc) is 3.28. The summed E-state index contributed by atoms with van der Waals surface area (Å²) in [5.41, 5.74) is 4.59. The molecule has 4 aromatic rings. The molecule has 5 rings (SSSR count). The van der Waals surface area contributed by atoms with Gasteiger partial charge in [-0.05, 0) is 139 Å². The Morgan fingerprint density at radius 3 is 2.30 bits per heavy atom. The van der Waals surface area contributed by atoms with Crippen LogP contribution in [0.2, 0.25) is 0 Å². The molecule has 1 aromatic heterocycles. The van der Waals surface area contributed by atoms with Gasteiger partial charge >= 0.3 is 0 Å². The van der Waals surface area contributed by atoms with E-state index >= 15 is 0 Å². The monoisotopic (exact) mass is 601 g/mol. The van der Waals surface area contributed by atoms with Crippen LogP contribution in [0.5, 0.6) is 28.7 Å². The molecule has 0 bridgehead atoms. The molecule has 1 aliphatic heterocycles. The Bertz CT molecular complexity index is 1590. The Morgan fingerprint density at radius 2 is 1.63 bits per heavy atom. The van der Waals surface area contributed by atoms with Crippen LogP contribution in [-0.2, 0) is 0 Å². The van der Waals surface area contributed by atoms with Crippen LogP contribution in [0.1, 0.15) is 70.6 Å². The van der Waals surface area contributed by atoms with E-state index in [1.807, 2.05) is 25.1 Å². The SMILES string of the molecule is CCOc1ccc(-c2sc3cc(OC)c(C)cc3c2Oc2ccc(OCC(C)N3C(C)CCCC3(C)C)cc2C)c(C)c1. The lowest BCUT2D eigenvalue weighted by Crippen LogP contribution is -2.57. The number of rotatable bonds is 10. The van der Waals surface area contributed by atoms with Crippen molar-refractivity contribution in [1.29, 1.82) is 0 Å². The first kappa shape index (κ1) is 31.2. The van der Waals surface area contributed by atoms with Crippen LogP contribution >= 0.6 is 11.3 Å². The minimum atomic E-state index is 0.194. The average molecular weight is 602 g/mol. The summed E-state index contributed by atoms with van der Waals surface area (Å²) < 4.78 is 25.7. The number of ether oxygens (including phenoxy) is 4. The molecule has 1 aliphatic rings. The summed E-state index contributed by atoms with van der Waals surface area (Å²) in [4.78, 5) is 3.74. The van der Waals surface area contributed by atoms with E-state index in [0.29, 0.717) is 25.3 Å². The molecule has 1 saturated heterocycles.